The summed E-state index contributed by atoms with van der Waals surface area (Å²) >= 11 is 0. The van der Waals surface area contributed by atoms with Gasteiger partial charge in [-0.1, -0.05) is 13.8 Å². The molecular formula is C22H26F2N2O4S. The van der Waals surface area contributed by atoms with E-state index in [9.17, 15) is 22.0 Å². The van der Waals surface area contributed by atoms with Crippen LogP contribution in [-0.2, 0) is 14.8 Å². The number of rotatable bonds is 6. The van der Waals surface area contributed by atoms with Gasteiger partial charge in [-0.2, -0.15) is 0 Å². The molecule has 6 nitrogen and oxygen atoms in total. The number of amides is 1. The van der Waals surface area contributed by atoms with Crippen LogP contribution < -0.4 is 14.4 Å². The summed E-state index contributed by atoms with van der Waals surface area (Å²) in [6.07, 6.45) is 0.756. The Bertz CT molecular complexity index is 1100. The highest BCUT2D eigenvalue weighted by Crippen LogP contribution is 2.39. The molecule has 0 aromatic heterocycles. The third kappa shape index (κ3) is 4.98. The predicted molar refractivity (Wildman–Crippen MR) is 115 cm³/mol. The number of ether oxygens (including phenoxy) is 1. The molecule has 0 spiro atoms. The van der Waals surface area contributed by atoms with E-state index in [4.69, 9.17) is 4.74 Å². The summed E-state index contributed by atoms with van der Waals surface area (Å²) in [6.45, 7) is 8.35. The number of benzene rings is 2. The minimum absolute atomic E-state index is 0.118. The molecule has 0 atom stereocenters. The molecule has 168 valence electrons. The average Bonchev–Trinajstić information content (AvgIpc) is 2.77. The van der Waals surface area contributed by atoms with Crippen molar-refractivity contribution in [2.45, 2.75) is 39.0 Å². The van der Waals surface area contributed by atoms with Crippen LogP contribution in [0.2, 0.25) is 0 Å². The van der Waals surface area contributed by atoms with Crippen LogP contribution in [0.3, 0.4) is 0 Å². The number of anilines is 2. The van der Waals surface area contributed by atoms with Gasteiger partial charge >= 0.3 is 0 Å². The Kier molecular flexibility index (Phi) is 6.27. The molecule has 0 saturated carbocycles. The fourth-order valence-electron chi connectivity index (χ4n) is 3.18. The number of sulfonamides is 1. The maximum atomic E-state index is 13.5. The highest BCUT2D eigenvalue weighted by Gasteiger charge is 2.37. The second-order valence-corrected chi connectivity index (χ2v) is 10.4. The third-order valence-electron chi connectivity index (χ3n) is 5.05. The van der Waals surface area contributed by atoms with Gasteiger partial charge in [-0.15, -0.1) is 0 Å². The lowest BCUT2D eigenvalue weighted by atomic mass is 9.92. The van der Waals surface area contributed by atoms with Crippen molar-refractivity contribution < 1.29 is 26.7 Å². The molecule has 0 unspecified atom stereocenters. The van der Waals surface area contributed by atoms with E-state index in [0.29, 0.717) is 30.0 Å². The summed E-state index contributed by atoms with van der Waals surface area (Å²) < 4.78 is 60.2. The number of hydrogen-bond donors (Lipinski definition) is 1. The van der Waals surface area contributed by atoms with Gasteiger partial charge in [0.1, 0.15) is 12.4 Å². The quantitative estimate of drug-likeness (QED) is 0.697. The normalized spacial score (nSPS) is 16.0. The topological polar surface area (TPSA) is 75.7 Å². The van der Waals surface area contributed by atoms with Crippen molar-refractivity contribution in [3.05, 3.63) is 48.0 Å². The minimum Gasteiger partial charge on any atom is -0.490 e. The zero-order valence-electron chi connectivity index (χ0n) is 17.9. The van der Waals surface area contributed by atoms with Crippen LogP contribution in [0.1, 0.15) is 34.1 Å². The van der Waals surface area contributed by atoms with E-state index in [-0.39, 0.29) is 18.2 Å². The lowest BCUT2D eigenvalue weighted by molar-refractivity contribution is -0.127. The Balaban J connectivity index is 1.98. The van der Waals surface area contributed by atoms with E-state index in [1.54, 1.807) is 24.8 Å². The van der Waals surface area contributed by atoms with Crippen molar-refractivity contribution in [2.24, 2.45) is 11.3 Å². The van der Waals surface area contributed by atoms with Crippen LogP contribution in [0, 0.1) is 23.0 Å². The molecule has 9 heteroatoms. The van der Waals surface area contributed by atoms with Crippen LogP contribution >= 0.6 is 0 Å². The molecule has 0 aliphatic carbocycles. The average molecular weight is 453 g/mol. The van der Waals surface area contributed by atoms with Gasteiger partial charge in [-0.05, 0) is 62.6 Å². The molecule has 3 rings (SSSR count). The van der Waals surface area contributed by atoms with Crippen LogP contribution in [-0.4, -0.2) is 27.5 Å². The Morgan fingerprint density at radius 3 is 2.48 bits per heavy atom. The van der Waals surface area contributed by atoms with Gasteiger partial charge in [0.15, 0.2) is 11.6 Å². The predicted octanol–water partition coefficient (Wildman–Crippen LogP) is 4.56. The summed E-state index contributed by atoms with van der Waals surface area (Å²) in [4.78, 5) is 14.4. The SMILES string of the molecule is CC(C)CCN1C(=O)C(C)(C)COc2ccc(NS(=O)(=O)c3ccc(F)c(F)c3)cc21. The zero-order chi connectivity index (χ0) is 23.0. The van der Waals surface area contributed by atoms with E-state index in [1.165, 1.54) is 12.1 Å². The number of carbonyl (C=O) groups is 1. The maximum Gasteiger partial charge on any atom is 0.262 e. The summed E-state index contributed by atoms with van der Waals surface area (Å²) in [5, 5.41) is 0. The molecule has 0 saturated heterocycles. The zero-order valence-corrected chi connectivity index (χ0v) is 18.7. The molecular weight excluding hydrogens is 426 g/mol. The van der Waals surface area contributed by atoms with Gasteiger partial charge in [-0.3, -0.25) is 9.52 Å². The Morgan fingerprint density at radius 2 is 1.84 bits per heavy atom. The molecule has 31 heavy (non-hydrogen) atoms. The van der Waals surface area contributed by atoms with E-state index < -0.39 is 32.0 Å². The third-order valence-corrected chi connectivity index (χ3v) is 6.42. The largest absolute Gasteiger partial charge is 0.490 e. The number of carbonyl (C=O) groups excluding carboxylic acids is 1. The molecule has 1 amide bonds. The fraction of sp³-hybridized carbons (Fsp3) is 0.409. The number of halogens is 2. The lowest BCUT2D eigenvalue weighted by Gasteiger charge is -2.28. The maximum absolute atomic E-state index is 13.5. The van der Waals surface area contributed by atoms with Crippen molar-refractivity contribution in [3.8, 4) is 5.75 Å². The van der Waals surface area contributed by atoms with E-state index in [1.807, 2.05) is 0 Å². The standard InChI is InChI=1S/C22H26F2N2O4S/c1-14(2)9-10-26-19-11-15(5-8-20(19)30-13-22(3,4)21(26)27)25-31(28,29)16-6-7-17(23)18(24)12-16/h5-8,11-12,14,25H,9-10,13H2,1-4H3. The fourth-order valence-corrected chi connectivity index (χ4v) is 4.24. The smallest absolute Gasteiger partial charge is 0.262 e. The first kappa shape index (κ1) is 23.0. The van der Waals surface area contributed by atoms with Gasteiger partial charge in [0, 0.05) is 6.54 Å². The first-order valence-corrected chi connectivity index (χ1v) is 11.5. The molecule has 0 fully saturated rings. The Hall–Kier alpha value is -2.68. The highest BCUT2D eigenvalue weighted by atomic mass is 32.2. The Morgan fingerprint density at radius 1 is 1.13 bits per heavy atom. The van der Waals surface area contributed by atoms with Crippen molar-refractivity contribution >= 4 is 27.3 Å². The molecule has 2 aromatic rings. The van der Waals surface area contributed by atoms with Crippen LogP contribution in [0.25, 0.3) is 0 Å². The first-order valence-electron chi connectivity index (χ1n) is 9.97. The number of hydrogen-bond acceptors (Lipinski definition) is 4. The summed E-state index contributed by atoms with van der Waals surface area (Å²) in [7, 11) is -4.17. The minimum atomic E-state index is -4.17. The van der Waals surface area contributed by atoms with Crippen molar-refractivity contribution in [2.75, 3.05) is 22.8 Å². The van der Waals surface area contributed by atoms with E-state index in [0.717, 1.165) is 18.6 Å². The van der Waals surface area contributed by atoms with Crippen LogP contribution in [0.15, 0.2) is 41.3 Å². The van der Waals surface area contributed by atoms with Crippen LogP contribution in [0.4, 0.5) is 20.2 Å². The Labute approximate surface area is 181 Å². The summed E-state index contributed by atoms with van der Waals surface area (Å²) in [6, 6.07) is 6.96. The second-order valence-electron chi connectivity index (χ2n) is 8.68. The van der Waals surface area contributed by atoms with Crippen LogP contribution in [0.5, 0.6) is 5.75 Å². The first-order chi connectivity index (χ1) is 14.4. The van der Waals surface area contributed by atoms with Gasteiger partial charge < -0.3 is 9.64 Å². The van der Waals surface area contributed by atoms with Gasteiger partial charge in [0.25, 0.3) is 10.0 Å². The highest BCUT2D eigenvalue weighted by molar-refractivity contribution is 7.92. The number of nitrogens with zero attached hydrogens (tertiary/aromatic N) is 1. The number of nitrogens with one attached hydrogen (secondary N) is 1. The number of fused-ring (bicyclic) bond motifs is 1. The van der Waals surface area contributed by atoms with Gasteiger partial charge in [0.2, 0.25) is 5.91 Å². The molecule has 1 aliphatic heterocycles. The van der Waals surface area contributed by atoms with E-state index in [2.05, 4.69) is 18.6 Å². The summed E-state index contributed by atoms with van der Waals surface area (Å²) in [5.41, 5.74) is -0.114. The molecule has 1 heterocycles. The van der Waals surface area contributed by atoms with Gasteiger partial charge in [-0.25, -0.2) is 17.2 Å². The lowest BCUT2D eigenvalue weighted by Crippen LogP contribution is -2.42. The van der Waals surface area contributed by atoms with Crippen molar-refractivity contribution in [1.82, 2.24) is 0 Å². The molecule has 0 bridgehead atoms. The molecule has 1 N–H and O–H groups in total. The van der Waals surface area contributed by atoms with Gasteiger partial charge in [0.05, 0.1) is 21.7 Å². The van der Waals surface area contributed by atoms with E-state index >= 15 is 0 Å². The van der Waals surface area contributed by atoms with Crippen molar-refractivity contribution in [1.29, 1.82) is 0 Å². The molecule has 2 aromatic carbocycles. The van der Waals surface area contributed by atoms with Crippen molar-refractivity contribution in [3.63, 3.8) is 0 Å². The summed E-state index contributed by atoms with van der Waals surface area (Å²) in [5.74, 6) is -1.68. The second kappa shape index (κ2) is 8.45. The molecule has 1 aliphatic rings. The molecule has 0 radical (unpaired) electrons. The monoisotopic (exact) mass is 452 g/mol.